The van der Waals surface area contributed by atoms with Crippen LogP contribution in [0.15, 0.2) is 42.1 Å². The van der Waals surface area contributed by atoms with E-state index >= 15 is 0 Å². The van der Waals surface area contributed by atoms with Gasteiger partial charge in [-0.1, -0.05) is 42.3 Å². The first-order valence-electron chi connectivity index (χ1n) is 12.1. The lowest BCUT2D eigenvalue weighted by Crippen LogP contribution is -2.55. The number of benzene rings is 1. The molecule has 0 aliphatic carbocycles. The van der Waals surface area contributed by atoms with Gasteiger partial charge < -0.3 is 20.3 Å². The lowest BCUT2D eigenvalue weighted by molar-refractivity contribution is -0.139. The van der Waals surface area contributed by atoms with E-state index in [0.717, 1.165) is 6.42 Å². The minimum Gasteiger partial charge on any atom is -0.463 e. The van der Waals surface area contributed by atoms with Gasteiger partial charge >= 0.3 is 18.0 Å². The van der Waals surface area contributed by atoms with Crippen molar-refractivity contribution in [2.75, 3.05) is 52.4 Å². The topological polar surface area (TPSA) is 94.2 Å². The van der Waals surface area contributed by atoms with Crippen LogP contribution in [0.1, 0.15) is 31.9 Å². The molecule has 0 saturated carbocycles. The predicted molar refractivity (Wildman–Crippen MR) is 140 cm³/mol. The number of esters is 1. The van der Waals surface area contributed by atoms with E-state index in [1.54, 1.807) is 36.1 Å². The summed E-state index contributed by atoms with van der Waals surface area (Å²) in [5, 5.41) is 6.58. The minimum atomic E-state index is -0.807. The monoisotopic (exact) mass is 537 g/mol. The quantitative estimate of drug-likeness (QED) is 0.369. The van der Waals surface area contributed by atoms with Crippen molar-refractivity contribution < 1.29 is 19.1 Å². The molecule has 2 aliphatic rings. The van der Waals surface area contributed by atoms with Crippen molar-refractivity contribution in [3.05, 3.63) is 57.7 Å². The molecular weight excluding hydrogens is 505 g/mol. The average Bonchev–Trinajstić information content (AvgIpc) is 2.85. The van der Waals surface area contributed by atoms with Crippen LogP contribution in [0.2, 0.25) is 10.0 Å². The van der Waals surface area contributed by atoms with Gasteiger partial charge in [-0.05, 0) is 31.0 Å². The van der Waals surface area contributed by atoms with Crippen LogP contribution >= 0.6 is 23.2 Å². The number of hydrogen-bond acceptors (Lipinski definition) is 5. The van der Waals surface area contributed by atoms with E-state index in [4.69, 9.17) is 27.9 Å². The Hall–Kier alpha value is -2.75. The molecule has 11 heteroatoms. The molecule has 0 aromatic heterocycles. The molecule has 36 heavy (non-hydrogen) atoms. The summed E-state index contributed by atoms with van der Waals surface area (Å²) in [5.41, 5.74) is 1.38. The summed E-state index contributed by atoms with van der Waals surface area (Å²) in [4.78, 5) is 44.2. The van der Waals surface area contributed by atoms with Crippen molar-refractivity contribution in [3.8, 4) is 0 Å². The van der Waals surface area contributed by atoms with Gasteiger partial charge in [0.25, 0.3) is 0 Å². The van der Waals surface area contributed by atoms with E-state index in [-0.39, 0.29) is 25.2 Å². The molecule has 2 heterocycles. The third-order valence-electron chi connectivity index (χ3n) is 6.08. The van der Waals surface area contributed by atoms with Gasteiger partial charge in [-0.15, -0.1) is 6.58 Å². The third kappa shape index (κ3) is 6.52. The predicted octanol–water partition coefficient (Wildman–Crippen LogP) is 3.80. The van der Waals surface area contributed by atoms with Crippen molar-refractivity contribution in [1.82, 2.24) is 25.3 Å². The van der Waals surface area contributed by atoms with Crippen molar-refractivity contribution in [1.29, 1.82) is 0 Å². The summed E-state index contributed by atoms with van der Waals surface area (Å²) < 4.78 is 5.41. The highest BCUT2D eigenvalue weighted by Crippen LogP contribution is 2.36. The molecule has 9 nitrogen and oxygen atoms in total. The number of ether oxygens (including phenoxy) is 1. The van der Waals surface area contributed by atoms with Gasteiger partial charge in [-0.25, -0.2) is 14.4 Å². The molecule has 4 amide bonds. The van der Waals surface area contributed by atoms with Crippen molar-refractivity contribution in [3.63, 3.8) is 0 Å². The number of carbonyl (C=O) groups is 3. The molecule has 3 rings (SSSR count). The summed E-state index contributed by atoms with van der Waals surface area (Å²) in [5.74, 6) is -0.532. The molecule has 1 atom stereocenters. The summed E-state index contributed by atoms with van der Waals surface area (Å²) in [6.45, 7) is 11.1. The van der Waals surface area contributed by atoms with Crippen LogP contribution in [0.4, 0.5) is 9.59 Å². The SMILES string of the molecule is C=CCN1C(=O)N[C@@H](c2ccc(Cl)cc2Cl)C(C(=O)OCC)=C1CN1CCN(C(=O)NCCC)CC1. The van der Waals surface area contributed by atoms with E-state index in [9.17, 15) is 14.4 Å². The molecule has 1 fully saturated rings. The van der Waals surface area contributed by atoms with E-state index in [1.165, 1.54) is 4.90 Å². The zero-order valence-corrected chi connectivity index (χ0v) is 22.2. The van der Waals surface area contributed by atoms with Crippen molar-refractivity contribution in [2.45, 2.75) is 26.3 Å². The fourth-order valence-corrected chi connectivity index (χ4v) is 4.80. The van der Waals surface area contributed by atoms with Crippen LogP contribution in [0.25, 0.3) is 0 Å². The van der Waals surface area contributed by atoms with Gasteiger partial charge in [0.15, 0.2) is 0 Å². The molecule has 2 aliphatic heterocycles. The summed E-state index contributed by atoms with van der Waals surface area (Å²) >= 11 is 12.6. The number of hydrogen-bond donors (Lipinski definition) is 2. The molecule has 0 bridgehead atoms. The standard InChI is InChI=1S/C25H33Cl2N5O4/c1-4-9-28-24(34)31-13-11-30(12-14-31)16-20-21(23(33)36-6-3)22(29-25(35)32(20)10-5-2)18-8-7-17(26)15-19(18)27/h5,7-8,15,22H,2,4,6,9-14,16H2,1,3H3,(H,28,34)(H,29,35)/t22-/m0/s1. The Morgan fingerprint density at radius 3 is 2.56 bits per heavy atom. The summed E-state index contributed by atoms with van der Waals surface area (Å²) in [7, 11) is 0. The van der Waals surface area contributed by atoms with Crippen molar-refractivity contribution >= 4 is 41.2 Å². The second kappa shape index (κ2) is 13.0. The van der Waals surface area contributed by atoms with E-state index in [0.29, 0.717) is 66.1 Å². The zero-order chi connectivity index (χ0) is 26.2. The first-order valence-corrected chi connectivity index (χ1v) is 12.8. The van der Waals surface area contributed by atoms with Crippen LogP contribution < -0.4 is 10.6 Å². The molecule has 196 valence electrons. The Kier molecular flexibility index (Phi) is 10.0. The largest absolute Gasteiger partial charge is 0.463 e. The maximum absolute atomic E-state index is 13.3. The van der Waals surface area contributed by atoms with Crippen LogP contribution in [-0.2, 0) is 9.53 Å². The van der Waals surface area contributed by atoms with Crippen LogP contribution in [0, 0.1) is 0 Å². The number of nitrogens with one attached hydrogen (secondary N) is 2. The molecule has 1 saturated heterocycles. The van der Waals surface area contributed by atoms with Crippen LogP contribution in [0.3, 0.4) is 0 Å². The van der Waals surface area contributed by atoms with Crippen LogP contribution in [-0.4, -0.2) is 85.2 Å². The Morgan fingerprint density at radius 2 is 1.94 bits per heavy atom. The molecule has 0 spiro atoms. The maximum atomic E-state index is 13.3. The Labute approximate surface area is 222 Å². The van der Waals surface area contributed by atoms with Crippen molar-refractivity contribution in [2.24, 2.45) is 0 Å². The number of nitrogens with zero attached hydrogens (tertiary/aromatic N) is 3. The number of halogens is 2. The maximum Gasteiger partial charge on any atom is 0.338 e. The highest BCUT2D eigenvalue weighted by atomic mass is 35.5. The number of amides is 4. The minimum absolute atomic E-state index is 0.0781. The molecule has 2 N–H and O–H groups in total. The van der Waals surface area contributed by atoms with Gasteiger partial charge in [0.05, 0.1) is 18.2 Å². The summed E-state index contributed by atoms with van der Waals surface area (Å²) in [6, 6.07) is 3.68. The van der Waals surface area contributed by atoms with E-state index < -0.39 is 12.0 Å². The normalized spacial score (nSPS) is 18.7. The first-order chi connectivity index (χ1) is 17.3. The second-order valence-corrected chi connectivity index (χ2v) is 9.37. The fourth-order valence-electron chi connectivity index (χ4n) is 4.28. The summed E-state index contributed by atoms with van der Waals surface area (Å²) in [6.07, 6.45) is 2.48. The highest BCUT2D eigenvalue weighted by Gasteiger charge is 2.39. The molecule has 0 unspecified atom stereocenters. The van der Waals surface area contributed by atoms with Gasteiger partial charge in [-0.3, -0.25) is 9.80 Å². The second-order valence-electron chi connectivity index (χ2n) is 8.52. The van der Waals surface area contributed by atoms with Gasteiger partial charge in [0.1, 0.15) is 0 Å². The molecular formula is C25H33Cl2N5O4. The Morgan fingerprint density at radius 1 is 1.22 bits per heavy atom. The third-order valence-corrected chi connectivity index (χ3v) is 6.64. The smallest absolute Gasteiger partial charge is 0.338 e. The number of rotatable bonds is 9. The molecule has 0 radical (unpaired) electrons. The zero-order valence-electron chi connectivity index (χ0n) is 20.7. The van der Waals surface area contributed by atoms with Crippen LogP contribution in [0.5, 0.6) is 0 Å². The van der Waals surface area contributed by atoms with Gasteiger partial charge in [-0.2, -0.15) is 0 Å². The van der Waals surface area contributed by atoms with E-state index in [2.05, 4.69) is 22.1 Å². The Balaban J connectivity index is 1.95. The fraction of sp³-hybridized carbons (Fsp3) is 0.480. The van der Waals surface area contributed by atoms with Gasteiger partial charge in [0, 0.05) is 61.6 Å². The van der Waals surface area contributed by atoms with Gasteiger partial charge in [0.2, 0.25) is 0 Å². The van der Waals surface area contributed by atoms with E-state index in [1.807, 2.05) is 6.92 Å². The first kappa shape index (κ1) is 27.8. The highest BCUT2D eigenvalue weighted by molar-refractivity contribution is 6.35. The number of urea groups is 2. The lowest BCUT2D eigenvalue weighted by Gasteiger charge is -2.40. The molecule has 1 aromatic carbocycles. The number of piperazine rings is 1. The average molecular weight is 538 g/mol. The lowest BCUT2D eigenvalue weighted by atomic mass is 9.94. The molecule has 1 aromatic rings. The Bertz CT molecular complexity index is 1020. The number of carbonyl (C=O) groups excluding carboxylic acids is 3.